The number of para-hydroxylation sites is 1. The van der Waals surface area contributed by atoms with Crippen LogP contribution in [0.1, 0.15) is 26.2 Å². The predicted molar refractivity (Wildman–Crippen MR) is 74.6 cm³/mol. The summed E-state index contributed by atoms with van der Waals surface area (Å²) in [7, 11) is -3.85. The van der Waals surface area contributed by atoms with Crippen molar-refractivity contribution < 1.29 is 13.0 Å². The number of hydrogen-bond donors (Lipinski definition) is 1. The molecular formula is C13H21NO3S. The minimum Gasteiger partial charge on any atom is -0.372 e. The van der Waals surface area contributed by atoms with Crippen LogP contribution in [0.4, 0.5) is 5.69 Å². The van der Waals surface area contributed by atoms with Gasteiger partial charge in [-0.2, -0.15) is 8.42 Å². The molecule has 0 bridgehead atoms. The molecule has 0 saturated carbocycles. The average molecular weight is 271 g/mol. The molecule has 0 atom stereocenters. The molecule has 102 valence electrons. The van der Waals surface area contributed by atoms with Crippen molar-refractivity contribution in [2.45, 2.75) is 26.2 Å². The normalized spacial score (nSPS) is 11.4. The number of unbranched alkanes of at least 4 members (excludes halogenated alkanes) is 1. The second kappa shape index (κ2) is 7.38. The smallest absolute Gasteiger partial charge is 0.264 e. The first-order valence-corrected chi connectivity index (χ1v) is 7.89. The average Bonchev–Trinajstić information content (AvgIpc) is 2.33. The minimum absolute atomic E-state index is 0.178. The fourth-order valence-electron chi connectivity index (χ4n) is 1.80. The maximum absolute atomic E-state index is 10.7. The van der Waals surface area contributed by atoms with Crippen LogP contribution in [0, 0.1) is 0 Å². The van der Waals surface area contributed by atoms with E-state index in [4.69, 9.17) is 4.55 Å². The lowest BCUT2D eigenvalue weighted by atomic mass is 10.2. The number of hydrogen-bond acceptors (Lipinski definition) is 3. The molecule has 0 amide bonds. The van der Waals surface area contributed by atoms with E-state index in [1.807, 2.05) is 30.3 Å². The summed E-state index contributed by atoms with van der Waals surface area (Å²) >= 11 is 0. The van der Waals surface area contributed by atoms with E-state index in [1.165, 1.54) is 0 Å². The highest BCUT2D eigenvalue weighted by molar-refractivity contribution is 7.85. The topological polar surface area (TPSA) is 57.6 Å². The third-order valence-electron chi connectivity index (χ3n) is 2.73. The molecular weight excluding hydrogens is 250 g/mol. The first-order valence-electron chi connectivity index (χ1n) is 6.28. The van der Waals surface area contributed by atoms with Gasteiger partial charge in [-0.15, -0.1) is 0 Å². The first-order chi connectivity index (χ1) is 8.53. The fraction of sp³-hybridized carbons (Fsp3) is 0.538. The molecule has 5 heteroatoms. The molecule has 0 fully saturated rings. The van der Waals surface area contributed by atoms with Gasteiger partial charge in [-0.05, 0) is 25.0 Å². The van der Waals surface area contributed by atoms with Gasteiger partial charge in [0.2, 0.25) is 0 Å². The molecule has 0 saturated heterocycles. The molecule has 1 N–H and O–H groups in total. The summed E-state index contributed by atoms with van der Waals surface area (Å²) in [5.41, 5.74) is 1.10. The second-order valence-electron chi connectivity index (χ2n) is 4.32. The lowest BCUT2D eigenvalue weighted by Gasteiger charge is -2.24. The number of anilines is 1. The van der Waals surface area contributed by atoms with Crippen LogP contribution in [0.25, 0.3) is 0 Å². The van der Waals surface area contributed by atoms with Gasteiger partial charge in [0.05, 0.1) is 5.75 Å². The quantitative estimate of drug-likeness (QED) is 0.738. The standard InChI is InChI=1S/C13H21NO3S/c1-2-3-10-14(11-7-12-18(15,16)17)13-8-5-4-6-9-13/h4-6,8-9H,2-3,7,10-12H2,1H3,(H,15,16,17). The molecule has 0 spiro atoms. The molecule has 0 radical (unpaired) electrons. The molecule has 0 heterocycles. The maximum Gasteiger partial charge on any atom is 0.264 e. The van der Waals surface area contributed by atoms with Crippen LogP contribution in [0.3, 0.4) is 0 Å². The zero-order valence-corrected chi connectivity index (χ0v) is 11.6. The second-order valence-corrected chi connectivity index (χ2v) is 5.89. The third-order valence-corrected chi connectivity index (χ3v) is 3.54. The van der Waals surface area contributed by atoms with Crippen molar-refractivity contribution in [2.75, 3.05) is 23.7 Å². The Labute approximate surface area is 109 Å². The Kier molecular flexibility index (Phi) is 6.15. The Morgan fingerprint density at radius 1 is 1.11 bits per heavy atom. The molecule has 0 aliphatic heterocycles. The van der Waals surface area contributed by atoms with E-state index in [2.05, 4.69) is 11.8 Å². The van der Waals surface area contributed by atoms with E-state index in [9.17, 15) is 8.42 Å². The van der Waals surface area contributed by atoms with E-state index in [0.29, 0.717) is 13.0 Å². The Balaban J connectivity index is 2.56. The van der Waals surface area contributed by atoms with Crippen LogP contribution in [0.5, 0.6) is 0 Å². The number of nitrogens with zero attached hydrogens (tertiary/aromatic N) is 1. The summed E-state index contributed by atoms with van der Waals surface area (Å²) in [5, 5.41) is 0. The van der Waals surface area contributed by atoms with Crippen molar-refractivity contribution >= 4 is 15.8 Å². The van der Waals surface area contributed by atoms with Crippen LogP contribution in [-0.4, -0.2) is 31.8 Å². The number of benzene rings is 1. The molecule has 1 rings (SSSR count). The molecule has 1 aromatic rings. The zero-order valence-electron chi connectivity index (χ0n) is 10.7. The van der Waals surface area contributed by atoms with Crippen molar-refractivity contribution in [3.05, 3.63) is 30.3 Å². The van der Waals surface area contributed by atoms with Gasteiger partial charge in [0.25, 0.3) is 10.1 Å². The lowest BCUT2D eigenvalue weighted by Crippen LogP contribution is -2.27. The van der Waals surface area contributed by atoms with Crippen LogP contribution < -0.4 is 4.90 Å². The Bertz CT molecular complexity index is 431. The minimum atomic E-state index is -3.85. The highest BCUT2D eigenvalue weighted by Crippen LogP contribution is 2.14. The summed E-state index contributed by atoms with van der Waals surface area (Å²) in [6, 6.07) is 9.93. The molecule has 0 aliphatic carbocycles. The SMILES string of the molecule is CCCCN(CCCS(=O)(=O)O)c1ccccc1. The molecule has 4 nitrogen and oxygen atoms in total. The fourth-order valence-corrected chi connectivity index (χ4v) is 2.29. The van der Waals surface area contributed by atoms with Crippen molar-refractivity contribution in [1.82, 2.24) is 0 Å². The third kappa shape index (κ3) is 6.02. The van der Waals surface area contributed by atoms with Gasteiger partial charge in [-0.1, -0.05) is 31.5 Å². The Morgan fingerprint density at radius 2 is 1.72 bits per heavy atom. The predicted octanol–water partition coefficient (Wildman–Crippen LogP) is 2.57. The summed E-state index contributed by atoms with van der Waals surface area (Å²) in [5.74, 6) is -0.178. The summed E-state index contributed by atoms with van der Waals surface area (Å²) in [6.07, 6.45) is 2.61. The summed E-state index contributed by atoms with van der Waals surface area (Å²) < 4.78 is 30.1. The van der Waals surface area contributed by atoms with E-state index >= 15 is 0 Å². The zero-order chi connectivity index (χ0) is 13.4. The monoisotopic (exact) mass is 271 g/mol. The Hall–Kier alpha value is -1.07. The molecule has 0 aromatic heterocycles. The van der Waals surface area contributed by atoms with Crippen molar-refractivity contribution in [3.8, 4) is 0 Å². The Morgan fingerprint density at radius 3 is 2.28 bits per heavy atom. The summed E-state index contributed by atoms with van der Waals surface area (Å²) in [6.45, 7) is 3.68. The van der Waals surface area contributed by atoms with Crippen LogP contribution >= 0.6 is 0 Å². The van der Waals surface area contributed by atoms with Crippen molar-refractivity contribution in [1.29, 1.82) is 0 Å². The van der Waals surface area contributed by atoms with E-state index in [0.717, 1.165) is 25.1 Å². The van der Waals surface area contributed by atoms with Gasteiger partial charge >= 0.3 is 0 Å². The number of rotatable bonds is 8. The van der Waals surface area contributed by atoms with Crippen molar-refractivity contribution in [2.24, 2.45) is 0 Å². The molecule has 18 heavy (non-hydrogen) atoms. The summed E-state index contributed by atoms with van der Waals surface area (Å²) in [4.78, 5) is 2.16. The van der Waals surface area contributed by atoms with E-state index < -0.39 is 10.1 Å². The molecule has 0 aliphatic rings. The maximum atomic E-state index is 10.7. The van der Waals surface area contributed by atoms with Crippen LogP contribution in [0.2, 0.25) is 0 Å². The van der Waals surface area contributed by atoms with E-state index in [-0.39, 0.29) is 5.75 Å². The van der Waals surface area contributed by atoms with Gasteiger partial charge in [0.1, 0.15) is 0 Å². The van der Waals surface area contributed by atoms with Crippen LogP contribution in [0.15, 0.2) is 30.3 Å². The van der Waals surface area contributed by atoms with Gasteiger partial charge < -0.3 is 4.90 Å². The largest absolute Gasteiger partial charge is 0.372 e. The lowest BCUT2D eigenvalue weighted by molar-refractivity contribution is 0.481. The van der Waals surface area contributed by atoms with Crippen LogP contribution in [-0.2, 0) is 10.1 Å². The molecule has 0 unspecified atom stereocenters. The van der Waals surface area contributed by atoms with Gasteiger partial charge in [-0.25, -0.2) is 0 Å². The highest BCUT2D eigenvalue weighted by atomic mass is 32.2. The first kappa shape index (κ1) is 15.0. The highest BCUT2D eigenvalue weighted by Gasteiger charge is 2.08. The van der Waals surface area contributed by atoms with Gasteiger partial charge in [0, 0.05) is 18.8 Å². The van der Waals surface area contributed by atoms with E-state index in [1.54, 1.807) is 0 Å². The van der Waals surface area contributed by atoms with Gasteiger partial charge in [-0.3, -0.25) is 4.55 Å². The van der Waals surface area contributed by atoms with Crippen molar-refractivity contribution in [3.63, 3.8) is 0 Å². The van der Waals surface area contributed by atoms with Gasteiger partial charge in [0.15, 0.2) is 0 Å². The molecule has 1 aromatic carbocycles.